The molecule has 8 heteroatoms. The van der Waals surface area contributed by atoms with Crippen LogP contribution in [0.1, 0.15) is 96.5 Å². The number of hydrogen-bond donors (Lipinski definition) is 4. The van der Waals surface area contributed by atoms with Gasteiger partial charge in [-0.05, 0) is 37.5 Å². The number of unbranched alkanes of at least 4 members (excludes halogenated alkanes) is 10. The van der Waals surface area contributed by atoms with Gasteiger partial charge in [-0.15, -0.1) is 0 Å². The summed E-state index contributed by atoms with van der Waals surface area (Å²) < 4.78 is 0. The van der Waals surface area contributed by atoms with Gasteiger partial charge in [0.25, 0.3) is 0 Å². The smallest absolute Gasteiger partial charge is 0.313 e. The summed E-state index contributed by atoms with van der Waals surface area (Å²) in [5.74, 6) is -2.92. The minimum absolute atomic E-state index is 0.359. The van der Waals surface area contributed by atoms with Gasteiger partial charge in [-0.2, -0.15) is 0 Å². The molecule has 1 aromatic rings. The van der Waals surface area contributed by atoms with E-state index in [9.17, 15) is 19.2 Å². The molecular formula is C27H44N4O4. The van der Waals surface area contributed by atoms with Crippen LogP contribution in [0.2, 0.25) is 0 Å². The first kappa shape index (κ1) is 30.1. The number of aryl methyl sites for hydroxylation is 1. The van der Waals surface area contributed by atoms with Crippen LogP contribution in [0.4, 0.5) is 11.4 Å². The van der Waals surface area contributed by atoms with Crippen LogP contribution < -0.4 is 21.3 Å². The summed E-state index contributed by atoms with van der Waals surface area (Å²) in [7, 11) is 0. The number of carbonyl (C=O) groups excluding carboxylic acids is 4. The molecule has 0 fully saturated rings. The number of rotatable bonds is 16. The van der Waals surface area contributed by atoms with Crippen molar-refractivity contribution in [3.63, 3.8) is 0 Å². The average Bonchev–Trinajstić information content (AvgIpc) is 2.84. The van der Waals surface area contributed by atoms with Crippen molar-refractivity contribution in [2.75, 3.05) is 23.7 Å². The van der Waals surface area contributed by atoms with Crippen LogP contribution in [-0.2, 0) is 19.2 Å². The van der Waals surface area contributed by atoms with Gasteiger partial charge in [-0.1, -0.05) is 84.1 Å². The maximum absolute atomic E-state index is 12.3. The second kappa shape index (κ2) is 18.4. The molecule has 0 unspecified atom stereocenters. The Bertz CT molecular complexity index is 810. The van der Waals surface area contributed by atoms with Crippen LogP contribution in [0.25, 0.3) is 0 Å². The van der Waals surface area contributed by atoms with E-state index in [1.54, 1.807) is 19.1 Å². The van der Waals surface area contributed by atoms with Crippen LogP contribution in [-0.4, -0.2) is 36.7 Å². The van der Waals surface area contributed by atoms with Crippen molar-refractivity contribution in [2.45, 2.75) is 97.8 Å². The zero-order chi connectivity index (χ0) is 25.9. The van der Waals surface area contributed by atoms with Gasteiger partial charge in [0, 0.05) is 24.5 Å². The minimum Gasteiger partial charge on any atom is -0.348 e. The molecule has 4 amide bonds. The zero-order valence-electron chi connectivity index (χ0n) is 21.8. The first-order valence-electron chi connectivity index (χ1n) is 13.2. The van der Waals surface area contributed by atoms with Gasteiger partial charge in [-0.3, -0.25) is 19.2 Å². The highest BCUT2D eigenvalue weighted by Crippen LogP contribution is 2.20. The number of benzene rings is 1. The van der Waals surface area contributed by atoms with Gasteiger partial charge in [-0.25, -0.2) is 0 Å². The number of nitrogens with one attached hydrogen (secondary N) is 4. The average molecular weight is 489 g/mol. The fourth-order valence-electron chi connectivity index (χ4n) is 3.58. The highest BCUT2D eigenvalue weighted by Gasteiger charge is 2.16. The lowest BCUT2D eigenvalue weighted by Gasteiger charge is -2.12. The molecule has 0 saturated heterocycles. The molecule has 0 aliphatic carbocycles. The SMILES string of the molecule is CCCCCCCCNC(=O)C(=O)Nc1ccc(C)c(NC(=O)C(=O)NCCCCCCCC)c1. The molecule has 1 rings (SSSR count). The molecule has 0 heterocycles. The summed E-state index contributed by atoms with van der Waals surface area (Å²) in [6, 6.07) is 4.88. The molecule has 0 spiro atoms. The molecule has 35 heavy (non-hydrogen) atoms. The molecule has 0 aromatic heterocycles. The highest BCUT2D eigenvalue weighted by atomic mass is 16.2. The molecule has 0 bridgehead atoms. The van der Waals surface area contributed by atoms with E-state index in [2.05, 4.69) is 35.1 Å². The third kappa shape index (κ3) is 13.5. The lowest BCUT2D eigenvalue weighted by Crippen LogP contribution is -2.36. The summed E-state index contributed by atoms with van der Waals surface area (Å²) in [5.41, 5.74) is 1.49. The molecule has 0 radical (unpaired) electrons. The van der Waals surface area contributed by atoms with E-state index < -0.39 is 23.6 Å². The van der Waals surface area contributed by atoms with Crippen molar-refractivity contribution in [3.8, 4) is 0 Å². The summed E-state index contributed by atoms with van der Waals surface area (Å²) >= 11 is 0. The van der Waals surface area contributed by atoms with Gasteiger partial charge >= 0.3 is 23.6 Å². The largest absolute Gasteiger partial charge is 0.348 e. The summed E-state index contributed by atoms with van der Waals surface area (Å²) in [6.45, 7) is 7.03. The second-order valence-corrected chi connectivity index (χ2v) is 8.99. The van der Waals surface area contributed by atoms with Crippen molar-refractivity contribution in [1.82, 2.24) is 10.6 Å². The molecule has 1 aromatic carbocycles. The fourth-order valence-corrected chi connectivity index (χ4v) is 3.58. The van der Waals surface area contributed by atoms with Gasteiger partial charge in [0.15, 0.2) is 0 Å². The summed E-state index contributed by atoms with van der Waals surface area (Å²) in [5, 5.41) is 10.4. The van der Waals surface area contributed by atoms with E-state index in [-0.39, 0.29) is 0 Å². The van der Waals surface area contributed by atoms with Crippen LogP contribution in [0.3, 0.4) is 0 Å². The Kier molecular flexibility index (Phi) is 15.9. The predicted octanol–water partition coefficient (Wildman–Crippen LogP) is 4.83. The molecule has 196 valence electrons. The molecule has 4 N–H and O–H groups in total. The third-order valence-electron chi connectivity index (χ3n) is 5.79. The Labute approximate surface area is 210 Å². The second-order valence-electron chi connectivity index (χ2n) is 8.99. The Balaban J connectivity index is 2.43. The van der Waals surface area contributed by atoms with Gasteiger partial charge < -0.3 is 21.3 Å². The van der Waals surface area contributed by atoms with Crippen molar-refractivity contribution in [2.24, 2.45) is 0 Å². The normalized spacial score (nSPS) is 10.5. The molecule has 8 nitrogen and oxygen atoms in total. The van der Waals surface area contributed by atoms with Crippen LogP contribution in [0.15, 0.2) is 18.2 Å². The standard InChI is InChI=1S/C27H44N4O4/c1-4-6-8-10-12-14-18-28-24(32)26(34)30-22-17-16-21(3)23(20-22)31-27(35)25(33)29-19-15-13-11-9-7-5-2/h16-17,20H,4-15,18-19H2,1-3H3,(H,28,32)(H,29,33)(H,30,34)(H,31,35). The molecule has 0 aliphatic rings. The molecular weight excluding hydrogens is 444 g/mol. The van der Waals surface area contributed by atoms with Crippen molar-refractivity contribution in [1.29, 1.82) is 0 Å². The Hall–Kier alpha value is -2.90. The minimum atomic E-state index is -0.770. The number of hydrogen-bond acceptors (Lipinski definition) is 4. The van der Waals surface area contributed by atoms with Crippen LogP contribution in [0, 0.1) is 6.92 Å². The molecule has 0 saturated carbocycles. The number of anilines is 2. The first-order chi connectivity index (χ1) is 16.9. The lowest BCUT2D eigenvalue weighted by atomic mass is 10.1. The Morgan fingerprint density at radius 1 is 0.600 bits per heavy atom. The van der Waals surface area contributed by atoms with Gasteiger partial charge in [0.1, 0.15) is 0 Å². The monoisotopic (exact) mass is 488 g/mol. The third-order valence-corrected chi connectivity index (χ3v) is 5.79. The maximum Gasteiger partial charge on any atom is 0.313 e. The first-order valence-corrected chi connectivity index (χ1v) is 13.2. The van der Waals surface area contributed by atoms with Crippen molar-refractivity contribution < 1.29 is 19.2 Å². The lowest BCUT2D eigenvalue weighted by molar-refractivity contribution is -0.136. The number of amides is 4. The Morgan fingerprint density at radius 3 is 1.57 bits per heavy atom. The van der Waals surface area contributed by atoms with Gasteiger partial charge in [0.2, 0.25) is 0 Å². The number of carbonyl (C=O) groups is 4. The Morgan fingerprint density at radius 2 is 1.06 bits per heavy atom. The quantitative estimate of drug-likeness (QED) is 0.197. The van der Waals surface area contributed by atoms with E-state index in [0.29, 0.717) is 24.5 Å². The van der Waals surface area contributed by atoms with Gasteiger partial charge in [0.05, 0.1) is 0 Å². The van der Waals surface area contributed by atoms with E-state index in [1.807, 2.05) is 0 Å². The summed E-state index contributed by atoms with van der Waals surface area (Å²) in [4.78, 5) is 48.6. The summed E-state index contributed by atoms with van der Waals surface area (Å²) in [6.07, 6.45) is 13.2. The molecule has 0 atom stereocenters. The van der Waals surface area contributed by atoms with E-state index in [0.717, 1.165) is 44.1 Å². The maximum atomic E-state index is 12.3. The highest BCUT2D eigenvalue weighted by molar-refractivity contribution is 6.40. The van der Waals surface area contributed by atoms with E-state index in [1.165, 1.54) is 44.6 Å². The van der Waals surface area contributed by atoms with Crippen LogP contribution >= 0.6 is 0 Å². The van der Waals surface area contributed by atoms with Crippen LogP contribution in [0.5, 0.6) is 0 Å². The molecule has 0 aliphatic heterocycles. The van der Waals surface area contributed by atoms with Crippen molar-refractivity contribution in [3.05, 3.63) is 23.8 Å². The topological polar surface area (TPSA) is 116 Å². The van der Waals surface area contributed by atoms with E-state index in [4.69, 9.17) is 0 Å². The zero-order valence-corrected chi connectivity index (χ0v) is 21.8. The van der Waals surface area contributed by atoms with E-state index >= 15 is 0 Å². The predicted molar refractivity (Wildman–Crippen MR) is 141 cm³/mol. The fraction of sp³-hybridized carbons (Fsp3) is 0.630. The van der Waals surface area contributed by atoms with Crippen molar-refractivity contribution >= 4 is 35.0 Å².